The first-order valence-corrected chi connectivity index (χ1v) is 12.8. The maximum absolute atomic E-state index is 6.38. The van der Waals surface area contributed by atoms with Crippen molar-refractivity contribution in [1.29, 1.82) is 0 Å². The lowest BCUT2D eigenvalue weighted by atomic mass is 10.0. The van der Waals surface area contributed by atoms with Crippen LogP contribution in [-0.4, -0.2) is 41.8 Å². The van der Waals surface area contributed by atoms with Crippen LogP contribution < -0.4 is 31.0 Å². The molecule has 200 valence electrons. The Hall–Kier alpha value is -4.63. The summed E-state index contributed by atoms with van der Waals surface area (Å²) in [6.07, 6.45) is 6.10. The molecule has 0 fully saturated rings. The Morgan fingerprint density at radius 1 is 0.897 bits per heavy atom. The molecular weight excluding hydrogens is 492 g/mol. The van der Waals surface area contributed by atoms with Crippen molar-refractivity contribution < 1.29 is 14.2 Å². The SMILES string of the molecule is CC[C@@H](COc1cncc(-c2cc3c(cnc4cc(OC)c(OC)cc43)c(N)n2)c1)NCc1cccc(N)c1. The zero-order valence-corrected chi connectivity index (χ0v) is 22.3. The van der Waals surface area contributed by atoms with Crippen LogP contribution in [0, 0.1) is 0 Å². The van der Waals surface area contributed by atoms with Crippen LogP contribution in [0.15, 0.2) is 67.1 Å². The monoisotopic (exact) mass is 524 g/mol. The van der Waals surface area contributed by atoms with E-state index in [2.05, 4.69) is 33.3 Å². The molecule has 0 unspecified atom stereocenters. The topological polar surface area (TPSA) is 130 Å². The number of rotatable bonds is 10. The number of hydrogen-bond donors (Lipinski definition) is 3. The lowest BCUT2D eigenvalue weighted by Gasteiger charge is -2.18. The van der Waals surface area contributed by atoms with Gasteiger partial charge in [0.1, 0.15) is 18.2 Å². The number of fused-ring (bicyclic) bond motifs is 3. The standard InChI is InChI=1S/C30H32N6O3/c1-4-21(34-13-18-6-5-7-20(31)8-18)17-39-22-9-19(14-33-15-22)26-10-23-24-11-28(37-2)29(38-3)12-27(24)35-16-25(23)30(32)36-26/h5-12,14-16,21,34H,4,13,17,31H2,1-3H3,(H2,32,36)/t21-/m0/s1. The van der Waals surface area contributed by atoms with Crippen molar-refractivity contribution in [2.75, 3.05) is 32.3 Å². The first kappa shape index (κ1) is 26.0. The number of anilines is 2. The van der Waals surface area contributed by atoms with E-state index in [0.29, 0.717) is 41.9 Å². The maximum Gasteiger partial charge on any atom is 0.162 e. The quantitative estimate of drug-likeness (QED) is 0.171. The molecule has 5 rings (SSSR count). The first-order chi connectivity index (χ1) is 19.0. The van der Waals surface area contributed by atoms with Gasteiger partial charge in [0, 0.05) is 53.1 Å². The highest BCUT2D eigenvalue weighted by atomic mass is 16.5. The van der Waals surface area contributed by atoms with Crippen molar-refractivity contribution in [1.82, 2.24) is 20.3 Å². The van der Waals surface area contributed by atoms with Gasteiger partial charge in [-0.1, -0.05) is 19.1 Å². The van der Waals surface area contributed by atoms with Crippen LogP contribution in [-0.2, 0) is 6.54 Å². The molecule has 0 aliphatic carbocycles. The largest absolute Gasteiger partial charge is 0.493 e. The summed E-state index contributed by atoms with van der Waals surface area (Å²) in [7, 11) is 3.21. The highest BCUT2D eigenvalue weighted by Crippen LogP contribution is 2.37. The van der Waals surface area contributed by atoms with Crippen LogP contribution in [0.4, 0.5) is 11.5 Å². The van der Waals surface area contributed by atoms with Crippen LogP contribution in [0.5, 0.6) is 17.2 Å². The van der Waals surface area contributed by atoms with Gasteiger partial charge in [-0.15, -0.1) is 0 Å². The molecule has 9 nitrogen and oxygen atoms in total. The summed E-state index contributed by atoms with van der Waals surface area (Å²) in [4.78, 5) is 13.6. The summed E-state index contributed by atoms with van der Waals surface area (Å²) >= 11 is 0. The van der Waals surface area contributed by atoms with Crippen LogP contribution in [0.2, 0.25) is 0 Å². The lowest BCUT2D eigenvalue weighted by molar-refractivity contribution is 0.258. The minimum Gasteiger partial charge on any atom is -0.493 e. The summed E-state index contributed by atoms with van der Waals surface area (Å²) in [5.74, 6) is 2.27. The summed E-state index contributed by atoms with van der Waals surface area (Å²) in [5.41, 5.74) is 16.4. The van der Waals surface area contributed by atoms with Crippen LogP contribution >= 0.6 is 0 Å². The van der Waals surface area contributed by atoms with Crippen molar-refractivity contribution in [2.45, 2.75) is 25.9 Å². The summed E-state index contributed by atoms with van der Waals surface area (Å²) < 4.78 is 17.1. The molecule has 3 heterocycles. The Morgan fingerprint density at radius 3 is 2.49 bits per heavy atom. The van der Waals surface area contributed by atoms with E-state index in [0.717, 1.165) is 44.9 Å². The van der Waals surface area contributed by atoms with Gasteiger partial charge in [-0.25, -0.2) is 4.98 Å². The fourth-order valence-electron chi connectivity index (χ4n) is 4.53. The van der Waals surface area contributed by atoms with Gasteiger partial charge < -0.3 is 31.0 Å². The second-order valence-electron chi connectivity index (χ2n) is 9.29. The molecule has 3 aromatic heterocycles. The van der Waals surface area contributed by atoms with Crippen LogP contribution in [0.25, 0.3) is 32.9 Å². The van der Waals surface area contributed by atoms with E-state index < -0.39 is 0 Å². The number of hydrogen-bond acceptors (Lipinski definition) is 9. The zero-order chi connectivity index (χ0) is 27.4. The molecule has 9 heteroatoms. The smallest absolute Gasteiger partial charge is 0.162 e. The molecule has 1 atom stereocenters. The molecule has 39 heavy (non-hydrogen) atoms. The van der Waals surface area contributed by atoms with Gasteiger partial charge in [0.15, 0.2) is 11.5 Å². The average Bonchev–Trinajstić information content (AvgIpc) is 2.96. The molecular formula is C30H32N6O3. The zero-order valence-electron chi connectivity index (χ0n) is 22.3. The van der Waals surface area contributed by atoms with Gasteiger partial charge in [0.25, 0.3) is 0 Å². The number of nitrogens with zero attached hydrogens (tertiary/aromatic N) is 3. The number of nitrogen functional groups attached to an aromatic ring is 2. The van der Waals surface area contributed by atoms with Crippen molar-refractivity contribution in [3.8, 4) is 28.5 Å². The van der Waals surface area contributed by atoms with Gasteiger partial charge in [-0.05, 0) is 47.7 Å². The number of pyridine rings is 3. The lowest BCUT2D eigenvalue weighted by Crippen LogP contribution is -2.33. The van der Waals surface area contributed by atoms with E-state index in [4.69, 9.17) is 25.7 Å². The number of nitrogens with two attached hydrogens (primary N) is 2. The Kier molecular flexibility index (Phi) is 7.60. The molecule has 0 spiro atoms. The summed E-state index contributed by atoms with van der Waals surface area (Å²) in [5, 5.41) is 6.09. The van der Waals surface area contributed by atoms with Gasteiger partial charge in [-0.3, -0.25) is 9.97 Å². The second-order valence-corrected chi connectivity index (χ2v) is 9.29. The van der Waals surface area contributed by atoms with Crippen molar-refractivity contribution in [3.05, 3.63) is 72.7 Å². The van der Waals surface area contributed by atoms with E-state index in [9.17, 15) is 0 Å². The van der Waals surface area contributed by atoms with Crippen LogP contribution in [0.3, 0.4) is 0 Å². The molecule has 0 aliphatic rings. The van der Waals surface area contributed by atoms with Gasteiger partial charge in [0.2, 0.25) is 0 Å². The first-order valence-electron chi connectivity index (χ1n) is 12.8. The molecule has 5 N–H and O–H groups in total. The molecule has 5 aromatic rings. The Balaban J connectivity index is 1.39. The van der Waals surface area contributed by atoms with Crippen molar-refractivity contribution >= 4 is 33.2 Å². The van der Waals surface area contributed by atoms with Gasteiger partial charge >= 0.3 is 0 Å². The fourth-order valence-corrected chi connectivity index (χ4v) is 4.53. The third kappa shape index (κ3) is 5.63. The van der Waals surface area contributed by atoms with Crippen molar-refractivity contribution in [3.63, 3.8) is 0 Å². The van der Waals surface area contributed by atoms with E-state index in [1.807, 2.05) is 42.5 Å². The number of methoxy groups -OCH3 is 2. The molecule has 0 saturated heterocycles. The molecule has 0 radical (unpaired) electrons. The third-order valence-corrected chi connectivity index (χ3v) is 6.71. The number of benzene rings is 2. The number of nitrogens with one attached hydrogen (secondary N) is 1. The molecule has 0 aliphatic heterocycles. The predicted octanol–water partition coefficient (Wildman–Crippen LogP) is 4.97. The van der Waals surface area contributed by atoms with E-state index >= 15 is 0 Å². The molecule has 2 aromatic carbocycles. The number of ether oxygens (including phenoxy) is 3. The van der Waals surface area contributed by atoms with Gasteiger partial charge in [-0.2, -0.15) is 0 Å². The highest BCUT2D eigenvalue weighted by molar-refractivity contribution is 6.10. The second kappa shape index (κ2) is 11.4. The summed E-state index contributed by atoms with van der Waals surface area (Å²) in [6.45, 7) is 3.33. The fraction of sp³-hybridized carbons (Fsp3) is 0.233. The highest BCUT2D eigenvalue weighted by Gasteiger charge is 2.14. The predicted molar refractivity (Wildman–Crippen MR) is 155 cm³/mol. The Labute approximate surface area is 227 Å². The minimum absolute atomic E-state index is 0.162. The van der Waals surface area contributed by atoms with Crippen molar-refractivity contribution in [2.24, 2.45) is 0 Å². The average molecular weight is 525 g/mol. The normalized spacial score (nSPS) is 12.0. The summed E-state index contributed by atoms with van der Waals surface area (Å²) in [6, 6.07) is 15.7. The molecule has 0 amide bonds. The molecule has 0 saturated carbocycles. The van der Waals surface area contributed by atoms with Crippen LogP contribution in [0.1, 0.15) is 18.9 Å². The molecule has 0 bridgehead atoms. The Bertz CT molecular complexity index is 1620. The number of aromatic nitrogens is 3. The van der Waals surface area contributed by atoms with E-state index in [-0.39, 0.29) is 6.04 Å². The maximum atomic E-state index is 6.38. The van der Waals surface area contributed by atoms with E-state index in [1.165, 1.54) is 0 Å². The van der Waals surface area contributed by atoms with E-state index in [1.54, 1.807) is 32.8 Å². The minimum atomic E-state index is 0.162. The van der Waals surface area contributed by atoms with Gasteiger partial charge in [0.05, 0.1) is 31.6 Å². The third-order valence-electron chi connectivity index (χ3n) is 6.71. The Morgan fingerprint density at radius 2 is 1.72 bits per heavy atom.